The highest BCUT2D eigenvalue weighted by Crippen LogP contribution is 2.30. The molecule has 1 aromatic carbocycles. The highest BCUT2D eigenvalue weighted by atomic mass is 19.4. The third-order valence-electron chi connectivity index (χ3n) is 4.42. The number of aryl methyl sites for hydroxylation is 2. The number of hydrogen-bond acceptors (Lipinski definition) is 4. The predicted octanol–water partition coefficient (Wildman–Crippen LogP) is 7.70. The van der Waals surface area contributed by atoms with Crippen LogP contribution in [0.4, 0.5) is 27.6 Å². The maximum Gasteiger partial charge on any atom is 0.433 e. The Bertz CT molecular complexity index is 981. The fraction of sp³-hybridized carbons (Fsp3) is 0.500. The molecule has 1 aromatic heterocycles. The van der Waals surface area contributed by atoms with Crippen LogP contribution in [0.1, 0.15) is 77.3 Å². The van der Waals surface area contributed by atoms with Gasteiger partial charge in [0.1, 0.15) is 23.1 Å². The van der Waals surface area contributed by atoms with Crippen molar-refractivity contribution < 1.29 is 31.9 Å². The van der Waals surface area contributed by atoms with Crippen LogP contribution in [0, 0.1) is 25.5 Å². The van der Waals surface area contributed by atoms with E-state index >= 15 is 0 Å². The minimum atomic E-state index is -4.40. The first-order chi connectivity index (χ1) is 16.0. The second kappa shape index (κ2) is 14.7. The summed E-state index contributed by atoms with van der Waals surface area (Å²) in [5.41, 5.74) is 0.348. The van der Waals surface area contributed by atoms with Crippen LogP contribution in [0.2, 0.25) is 0 Å². The number of rotatable bonds is 6. The number of ketones is 1. The summed E-state index contributed by atoms with van der Waals surface area (Å²) >= 11 is 0. The first-order valence-corrected chi connectivity index (χ1v) is 11.2. The van der Waals surface area contributed by atoms with E-state index in [1.54, 1.807) is 20.8 Å². The molecule has 4 nitrogen and oxygen atoms in total. The molecule has 0 saturated carbocycles. The van der Waals surface area contributed by atoms with Crippen LogP contribution in [-0.4, -0.2) is 27.2 Å². The van der Waals surface area contributed by atoms with Gasteiger partial charge in [0.25, 0.3) is 0 Å². The van der Waals surface area contributed by atoms with E-state index in [9.17, 15) is 26.7 Å². The molecule has 0 spiro atoms. The number of aliphatic hydroxyl groups is 1. The van der Waals surface area contributed by atoms with Gasteiger partial charge in [0.05, 0.1) is 17.0 Å². The Morgan fingerprint density at radius 2 is 1.66 bits per heavy atom. The summed E-state index contributed by atoms with van der Waals surface area (Å²) < 4.78 is 61.7. The van der Waals surface area contributed by atoms with Gasteiger partial charge in [-0.1, -0.05) is 20.3 Å². The number of alkyl halides is 3. The Balaban J connectivity index is 0.000000543. The van der Waals surface area contributed by atoms with Crippen molar-refractivity contribution in [1.82, 2.24) is 4.98 Å². The summed E-state index contributed by atoms with van der Waals surface area (Å²) in [7, 11) is 0. The molecule has 0 aliphatic carbocycles. The zero-order valence-corrected chi connectivity index (χ0v) is 21.4. The van der Waals surface area contributed by atoms with Crippen molar-refractivity contribution in [3.8, 4) is 0 Å². The monoisotopic (exact) mass is 502 g/mol. The van der Waals surface area contributed by atoms with E-state index in [-0.39, 0.29) is 18.0 Å². The third-order valence-corrected chi connectivity index (χ3v) is 4.42. The molecule has 0 aliphatic heterocycles. The lowest BCUT2D eigenvalue weighted by atomic mass is 10.0. The maximum absolute atomic E-state index is 12.4. The second-order valence-electron chi connectivity index (χ2n) is 8.67. The molecular weight excluding hydrogens is 467 g/mol. The van der Waals surface area contributed by atoms with Crippen molar-refractivity contribution in [3.05, 3.63) is 58.9 Å². The standard InChI is InChI=1S/C12H15F3N2.C7H6F2.C7H14O2/c1-4-5-8(2)16-10-6-7-11(12(13,14)15)17-9(10)3;1-5-4-6(8)2-3-7(5)9;1-4-6(8)5-7(2,3)9/h6-7H,4-5H2,1-3H3;2-4H,1H3;9H,4-5H2,1-3H3. The number of carbonyl (C=O) groups excluding carboxylic acids is 1. The summed E-state index contributed by atoms with van der Waals surface area (Å²) in [5, 5.41) is 9.10. The number of nitrogens with zero attached hydrogens (tertiary/aromatic N) is 2. The van der Waals surface area contributed by atoms with Crippen molar-refractivity contribution >= 4 is 17.2 Å². The Morgan fingerprint density at radius 3 is 2.03 bits per heavy atom. The molecule has 2 rings (SSSR count). The molecule has 0 unspecified atom stereocenters. The van der Waals surface area contributed by atoms with Gasteiger partial charge in [-0.05, 0) is 76.9 Å². The van der Waals surface area contributed by atoms with Gasteiger partial charge in [-0.3, -0.25) is 9.79 Å². The summed E-state index contributed by atoms with van der Waals surface area (Å²) in [6.07, 6.45) is -1.82. The van der Waals surface area contributed by atoms with Gasteiger partial charge >= 0.3 is 6.18 Å². The van der Waals surface area contributed by atoms with Gasteiger partial charge in [-0.15, -0.1) is 0 Å². The molecule has 0 atom stereocenters. The van der Waals surface area contributed by atoms with Crippen LogP contribution in [0.25, 0.3) is 0 Å². The molecule has 0 radical (unpaired) electrons. The Morgan fingerprint density at radius 1 is 1.06 bits per heavy atom. The summed E-state index contributed by atoms with van der Waals surface area (Å²) in [4.78, 5) is 18.5. The third kappa shape index (κ3) is 14.3. The average Bonchev–Trinajstić information content (AvgIpc) is 2.71. The second-order valence-corrected chi connectivity index (χ2v) is 8.67. The SMILES string of the molecule is CCC(=O)CC(C)(C)O.CCCC(C)=Nc1ccc(C(F)(F)F)nc1C.Cc1cc(F)ccc1F. The maximum atomic E-state index is 12.4. The Labute approximate surface area is 204 Å². The topological polar surface area (TPSA) is 62.5 Å². The van der Waals surface area contributed by atoms with E-state index in [0.717, 1.165) is 42.8 Å². The number of aromatic nitrogens is 1. The van der Waals surface area contributed by atoms with E-state index in [0.29, 0.717) is 23.4 Å². The fourth-order valence-electron chi connectivity index (χ4n) is 2.67. The van der Waals surface area contributed by atoms with Gasteiger partial charge in [0.15, 0.2) is 0 Å². The zero-order valence-electron chi connectivity index (χ0n) is 21.4. The molecule has 2 aromatic rings. The number of carbonyl (C=O) groups is 1. The minimum absolute atomic E-state index is 0.113. The molecule has 1 heterocycles. The van der Waals surface area contributed by atoms with Gasteiger partial charge in [-0.25, -0.2) is 13.8 Å². The van der Waals surface area contributed by atoms with Gasteiger partial charge < -0.3 is 5.11 Å². The van der Waals surface area contributed by atoms with Gasteiger partial charge in [-0.2, -0.15) is 13.2 Å². The number of Topliss-reactive ketones (excluding diaryl/α,β-unsaturated/α-hetero) is 1. The van der Waals surface area contributed by atoms with Crippen LogP contribution in [-0.2, 0) is 11.0 Å². The lowest BCUT2D eigenvalue weighted by Crippen LogP contribution is -2.22. The van der Waals surface area contributed by atoms with E-state index in [1.165, 1.54) is 19.9 Å². The summed E-state index contributed by atoms with van der Waals surface area (Å²) in [5.74, 6) is -0.646. The number of benzene rings is 1. The van der Waals surface area contributed by atoms with Gasteiger partial charge in [0.2, 0.25) is 0 Å². The number of pyridine rings is 1. The molecule has 0 amide bonds. The van der Waals surface area contributed by atoms with Crippen molar-refractivity contribution in [2.45, 2.75) is 85.9 Å². The molecule has 35 heavy (non-hydrogen) atoms. The van der Waals surface area contributed by atoms with Gasteiger partial charge in [0, 0.05) is 18.6 Å². The highest BCUT2D eigenvalue weighted by molar-refractivity contribution is 5.84. The molecule has 0 bridgehead atoms. The minimum Gasteiger partial charge on any atom is -0.390 e. The van der Waals surface area contributed by atoms with Crippen molar-refractivity contribution in [1.29, 1.82) is 0 Å². The van der Waals surface area contributed by atoms with Crippen molar-refractivity contribution in [2.24, 2.45) is 4.99 Å². The predicted molar refractivity (Wildman–Crippen MR) is 129 cm³/mol. The zero-order chi connectivity index (χ0) is 27.4. The molecule has 196 valence electrons. The quantitative estimate of drug-likeness (QED) is 0.325. The Kier molecular flexibility index (Phi) is 13.5. The number of halogens is 5. The average molecular weight is 503 g/mol. The number of aliphatic imine (C=N–C) groups is 1. The lowest BCUT2D eigenvalue weighted by molar-refractivity contribution is -0.141. The Hall–Kier alpha value is -2.68. The molecular formula is C26H35F5N2O2. The highest BCUT2D eigenvalue weighted by Gasteiger charge is 2.32. The van der Waals surface area contributed by atoms with Crippen LogP contribution in [0.5, 0.6) is 0 Å². The van der Waals surface area contributed by atoms with Crippen LogP contribution in [0.15, 0.2) is 35.3 Å². The molecule has 0 saturated heterocycles. The molecule has 1 N–H and O–H groups in total. The van der Waals surface area contributed by atoms with E-state index in [2.05, 4.69) is 9.98 Å². The molecule has 0 fully saturated rings. The van der Waals surface area contributed by atoms with E-state index < -0.39 is 23.3 Å². The fourth-order valence-corrected chi connectivity index (χ4v) is 2.67. The first-order valence-electron chi connectivity index (χ1n) is 11.2. The van der Waals surface area contributed by atoms with Crippen LogP contribution < -0.4 is 0 Å². The van der Waals surface area contributed by atoms with Crippen LogP contribution >= 0.6 is 0 Å². The summed E-state index contributed by atoms with van der Waals surface area (Å²) in [6.45, 7) is 12.0. The van der Waals surface area contributed by atoms with Crippen LogP contribution in [0.3, 0.4) is 0 Å². The molecule has 0 aliphatic rings. The number of hydrogen-bond donors (Lipinski definition) is 1. The normalized spacial score (nSPS) is 11.7. The summed E-state index contributed by atoms with van der Waals surface area (Å²) in [6, 6.07) is 5.71. The van der Waals surface area contributed by atoms with E-state index in [1.807, 2.05) is 13.8 Å². The molecule has 9 heteroatoms. The first kappa shape index (κ1) is 32.3. The van der Waals surface area contributed by atoms with Crippen molar-refractivity contribution in [3.63, 3.8) is 0 Å². The lowest BCUT2D eigenvalue weighted by Gasteiger charge is -2.14. The largest absolute Gasteiger partial charge is 0.433 e. The smallest absolute Gasteiger partial charge is 0.390 e. The van der Waals surface area contributed by atoms with Crippen molar-refractivity contribution in [2.75, 3.05) is 0 Å². The van der Waals surface area contributed by atoms with E-state index in [4.69, 9.17) is 5.11 Å².